The highest BCUT2D eigenvalue weighted by molar-refractivity contribution is 7.14. The summed E-state index contributed by atoms with van der Waals surface area (Å²) in [5.41, 5.74) is 9.65. The Bertz CT molecular complexity index is 1120. The predicted molar refractivity (Wildman–Crippen MR) is 141 cm³/mol. The molecule has 0 aliphatic carbocycles. The van der Waals surface area contributed by atoms with E-state index in [1.54, 1.807) is 34.7 Å². The van der Waals surface area contributed by atoms with E-state index in [1.165, 1.54) is 18.4 Å². The molecule has 1 amide bonds. The minimum Gasteiger partial charge on any atom is -0.494 e. The van der Waals surface area contributed by atoms with Crippen LogP contribution in [0.15, 0.2) is 59.2 Å². The third-order valence-corrected chi connectivity index (χ3v) is 6.24. The number of amidine groups is 1. The first kappa shape index (κ1) is 27.0. The molecule has 2 aromatic carbocycles. The van der Waals surface area contributed by atoms with Crippen LogP contribution in [-0.4, -0.2) is 55.4 Å². The second kappa shape index (κ2) is 14.1. The first-order valence-electron chi connectivity index (χ1n) is 11.7. The third-order valence-electron chi connectivity index (χ3n) is 5.39. The molecule has 0 saturated carbocycles. The number of carbonyl (C=O) groups is 1. The van der Waals surface area contributed by atoms with Gasteiger partial charge >= 0.3 is 0 Å². The van der Waals surface area contributed by atoms with Crippen molar-refractivity contribution in [2.75, 3.05) is 38.4 Å². The molecule has 3 rings (SSSR count). The standard InChI is InChI=1S/C26H32N4O5S/c1-3-30(23(31)17-33-2)26-24(28-18-36-26)19-7-11-21(12-8-19)34-15-5-4-6-16-35-22-13-9-20(10-14-22)25(27)29-32/h7-14,18,32H,3-6,15-17H2,1-2H3,(H2,27,29). The fourth-order valence-electron chi connectivity index (χ4n) is 3.51. The SMILES string of the molecule is CCN(C(=O)COC)c1scnc1-c1ccc(OCCCCCOc2ccc(/C(N)=N/O)cc2)cc1. The van der Waals surface area contributed by atoms with Crippen molar-refractivity contribution in [1.29, 1.82) is 0 Å². The molecule has 1 aromatic heterocycles. The lowest BCUT2D eigenvalue weighted by Gasteiger charge is -2.20. The number of rotatable bonds is 14. The molecule has 0 spiro atoms. The number of unbranched alkanes of at least 4 members (excludes halogenated alkanes) is 2. The van der Waals surface area contributed by atoms with Crippen LogP contribution < -0.4 is 20.1 Å². The molecule has 0 saturated heterocycles. The van der Waals surface area contributed by atoms with Crippen molar-refractivity contribution in [3.8, 4) is 22.8 Å². The van der Waals surface area contributed by atoms with E-state index in [0.29, 0.717) is 25.3 Å². The second-order valence-electron chi connectivity index (χ2n) is 7.87. The molecule has 0 fully saturated rings. The normalized spacial score (nSPS) is 11.3. The van der Waals surface area contributed by atoms with Gasteiger partial charge in [-0.1, -0.05) is 5.16 Å². The molecule has 3 N–H and O–H groups in total. The van der Waals surface area contributed by atoms with E-state index >= 15 is 0 Å². The first-order chi connectivity index (χ1) is 17.6. The summed E-state index contributed by atoms with van der Waals surface area (Å²) in [7, 11) is 1.51. The maximum atomic E-state index is 12.4. The van der Waals surface area contributed by atoms with E-state index < -0.39 is 0 Å². The van der Waals surface area contributed by atoms with E-state index in [2.05, 4.69) is 10.1 Å². The minimum atomic E-state index is -0.0908. The van der Waals surface area contributed by atoms with Crippen LogP contribution in [0.1, 0.15) is 31.7 Å². The lowest BCUT2D eigenvalue weighted by molar-refractivity contribution is -0.122. The van der Waals surface area contributed by atoms with Crippen LogP contribution in [0.5, 0.6) is 11.5 Å². The number of nitrogens with two attached hydrogens (primary N) is 1. The van der Waals surface area contributed by atoms with Gasteiger partial charge in [-0.25, -0.2) is 4.98 Å². The summed E-state index contributed by atoms with van der Waals surface area (Å²) < 4.78 is 16.6. The van der Waals surface area contributed by atoms with Gasteiger partial charge in [0.2, 0.25) is 0 Å². The highest BCUT2D eigenvalue weighted by Gasteiger charge is 2.20. The second-order valence-corrected chi connectivity index (χ2v) is 8.70. The lowest BCUT2D eigenvalue weighted by atomic mass is 10.1. The Morgan fingerprint density at radius 1 is 1.03 bits per heavy atom. The Balaban J connectivity index is 1.40. The molecular formula is C26H32N4O5S. The van der Waals surface area contributed by atoms with Crippen LogP contribution in [0.3, 0.4) is 0 Å². The lowest BCUT2D eigenvalue weighted by Crippen LogP contribution is -2.33. The van der Waals surface area contributed by atoms with Crippen LogP contribution in [0.2, 0.25) is 0 Å². The van der Waals surface area contributed by atoms with E-state index in [4.69, 9.17) is 25.2 Å². The summed E-state index contributed by atoms with van der Waals surface area (Å²) in [6.07, 6.45) is 2.80. The molecule has 36 heavy (non-hydrogen) atoms. The fraction of sp³-hybridized carbons (Fsp3) is 0.346. The number of hydrogen-bond acceptors (Lipinski definition) is 8. The zero-order valence-corrected chi connectivity index (χ0v) is 21.4. The highest BCUT2D eigenvalue weighted by atomic mass is 32.1. The smallest absolute Gasteiger partial charge is 0.253 e. The molecule has 0 aliphatic rings. The van der Waals surface area contributed by atoms with Crippen molar-refractivity contribution in [3.05, 3.63) is 59.6 Å². The van der Waals surface area contributed by atoms with Gasteiger partial charge in [0.1, 0.15) is 28.8 Å². The summed E-state index contributed by atoms with van der Waals surface area (Å²) in [6, 6.07) is 14.9. The van der Waals surface area contributed by atoms with Gasteiger partial charge in [0.05, 0.1) is 18.7 Å². The van der Waals surface area contributed by atoms with Gasteiger partial charge in [-0.15, -0.1) is 11.3 Å². The number of benzene rings is 2. The summed E-state index contributed by atoms with van der Waals surface area (Å²) in [5.74, 6) is 1.52. The Morgan fingerprint density at radius 2 is 1.64 bits per heavy atom. The van der Waals surface area contributed by atoms with Crippen molar-refractivity contribution in [2.45, 2.75) is 26.2 Å². The molecule has 0 bridgehead atoms. The van der Waals surface area contributed by atoms with Crippen LogP contribution >= 0.6 is 11.3 Å². The van der Waals surface area contributed by atoms with Gasteiger partial charge in [-0.05, 0) is 74.7 Å². The Hall–Kier alpha value is -3.63. The Morgan fingerprint density at radius 3 is 2.19 bits per heavy atom. The number of ether oxygens (including phenoxy) is 3. The van der Waals surface area contributed by atoms with Crippen molar-refractivity contribution >= 4 is 28.1 Å². The zero-order valence-electron chi connectivity index (χ0n) is 20.6. The molecular weight excluding hydrogens is 480 g/mol. The number of oxime groups is 1. The van der Waals surface area contributed by atoms with Gasteiger partial charge in [-0.2, -0.15) is 0 Å². The van der Waals surface area contributed by atoms with E-state index in [9.17, 15) is 4.79 Å². The summed E-state index contributed by atoms with van der Waals surface area (Å²) >= 11 is 1.44. The van der Waals surface area contributed by atoms with Gasteiger partial charge in [-0.3, -0.25) is 4.79 Å². The molecule has 9 nitrogen and oxygen atoms in total. The van der Waals surface area contributed by atoms with Crippen LogP contribution in [0.4, 0.5) is 5.00 Å². The molecule has 1 heterocycles. The van der Waals surface area contributed by atoms with Crippen LogP contribution in [0, 0.1) is 0 Å². The average molecular weight is 513 g/mol. The molecule has 0 unspecified atom stereocenters. The molecule has 0 atom stereocenters. The maximum absolute atomic E-state index is 12.4. The first-order valence-corrected chi connectivity index (χ1v) is 12.6. The van der Waals surface area contributed by atoms with E-state index in [-0.39, 0.29) is 18.3 Å². The number of hydrogen-bond donors (Lipinski definition) is 2. The van der Waals surface area contributed by atoms with Crippen LogP contribution in [-0.2, 0) is 9.53 Å². The average Bonchev–Trinajstić information content (AvgIpc) is 3.38. The zero-order chi connectivity index (χ0) is 25.8. The number of methoxy groups -OCH3 is 1. The summed E-state index contributed by atoms with van der Waals surface area (Å²) in [6.45, 7) is 3.74. The predicted octanol–water partition coefficient (Wildman–Crippen LogP) is 4.53. The number of aromatic nitrogens is 1. The highest BCUT2D eigenvalue weighted by Crippen LogP contribution is 2.34. The van der Waals surface area contributed by atoms with E-state index in [0.717, 1.165) is 47.0 Å². The number of carbonyl (C=O) groups excluding carboxylic acids is 1. The topological polar surface area (TPSA) is 120 Å². The molecule has 3 aromatic rings. The van der Waals surface area contributed by atoms with Crippen LogP contribution in [0.25, 0.3) is 11.3 Å². The number of thiazole rings is 1. The molecule has 0 aliphatic heterocycles. The van der Waals surface area contributed by atoms with Crippen molar-refractivity contribution < 1.29 is 24.2 Å². The maximum Gasteiger partial charge on any atom is 0.253 e. The number of nitrogens with zero attached hydrogens (tertiary/aromatic N) is 3. The van der Waals surface area contributed by atoms with Gasteiger partial charge in [0, 0.05) is 24.8 Å². The number of anilines is 1. The Kier molecular flexibility index (Phi) is 10.5. The minimum absolute atomic E-state index is 0.0356. The quantitative estimate of drug-likeness (QED) is 0.107. The Labute approximate surface area is 215 Å². The van der Waals surface area contributed by atoms with Crippen molar-refractivity contribution in [2.24, 2.45) is 10.9 Å². The molecule has 10 heteroatoms. The molecule has 192 valence electrons. The third kappa shape index (κ3) is 7.43. The molecule has 0 radical (unpaired) electrons. The van der Waals surface area contributed by atoms with Gasteiger partial charge < -0.3 is 30.1 Å². The monoisotopic (exact) mass is 512 g/mol. The fourth-order valence-corrected chi connectivity index (χ4v) is 4.41. The van der Waals surface area contributed by atoms with Gasteiger partial charge in [0.25, 0.3) is 5.91 Å². The van der Waals surface area contributed by atoms with E-state index in [1.807, 2.05) is 31.2 Å². The number of likely N-dealkylation sites (N-methyl/N-ethyl adjacent to an activating group) is 1. The summed E-state index contributed by atoms with van der Waals surface area (Å²) in [4.78, 5) is 18.6. The van der Waals surface area contributed by atoms with Crippen molar-refractivity contribution in [3.63, 3.8) is 0 Å². The van der Waals surface area contributed by atoms with Gasteiger partial charge in [0.15, 0.2) is 5.84 Å². The summed E-state index contributed by atoms with van der Waals surface area (Å²) in [5, 5.41) is 12.5. The van der Waals surface area contributed by atoms with Crippen molar-refractivity contribution in [1.82, 2.24) is 4.98 Å². The largest absolute Gasteiger partial charge is 0.494 e. The number of amides is 1.